The Morgan fingerprint density at radius 2 is 1.81 bits per heavy atom. The Hall–Kier alpha value is -2.81. The van der Waals surface area contributed by atoms with Crippen molar-refractivity contribution in [3.8, 4) is 5.75 Å². The second kappa shape index (κ2) is 7.61. The quantitative estimate of drug-likeness (QED) is 0.688. The largest absolute Gasteiger partial charge is 0.496 e. The molecule has 0 aliphatic heterocycles. The molecule has 134 valence electrons. The Bertz CT molecular complexity index is 939. The van der Waals surface area contributed by atoms with Gasteiger partial charge in [-0.3, -0.25) is 4.79 Å². The summed E-state index contributed by atoms with van der Waals surface area (Å²) in [5, 5.41) is 5.43. The Morgan fingerprint density at radius 1 is 1.08 bits per heavy atom. The van der Waals surface area contributed by atoms with E-state index in [4.69, 9.17) is 4.74 Å². The smallest absolute Gasteiger partial charge is 0.251 e. The van der Waals surface area contributed by atoms with Gasteiger partial charge in [0.2, 0.25) is 0 Å². The molecule has 26 heavy (non-hydrogen) atoms. The van der Waals surface area contributed by atoms with Crippen LogP contribution in [0.2, 0.25) is 0 Å². The van der Waals surface area contributed by atoms with E-state index < -0.39 is 0 Å². The first-order valence-corrected chi connectivity index (χ1v) is 8.94. The molecule has 0 atom stereocenters. The average molecular weight is 347 g/mol. The third-order valence-electron chi connectivity index (χ3n) is 4.76. The van der Waals surface area contributed by atoms with Crippen LogP contribution in [0.3, 0.4) is 0 Å². The van der Waals surface area contributed by atoms with Gasteiger partial charge in [-0.2, -0.15) is 0 Å². The summed E-state index contributed by atoms with van der Waals surface area (Å²) in [7, 11) is 1.67. The van der Waals surface area contributed by atoms with E-state index in [1.165, 1.54) is 10.8 Å². The predicted molar refractivity (Wildman–Crippen MR) is 107 cm³/mol. The standard InChI is InChI=1S/C23H25NO2/c1-15(2)20-13-21(16(3)12-22(20)26-4)23(25)24-14-18-10-7-9-17-8-5-6-11-19(17)18/h5-13,15H,14H2,1-4H3,(H,24,25). The second-order valence-corrected chi connectivity index (χ2v) is 6.88. The molecule has 0 bridgehead atoms. The molecule has 0 unspecified atom stereocenters. The first-order chi connectivity index (χ1) is 12.5. The molecule has 3 aromatic carbocycles. The van der Waals surface area contributed by atoms with Crippen LogP contribution in [0.15, 0.2) is 54.6 Å². The summed E-state index contributed by atoms with van der Waals surface area (Å²) in [5.74, 6) is 1.07. The minimum atomic E-state index is -0.0556. The lowest BCUT2D eigenvalue weighted by Gasteiger charge is -2.16. The first kappa shape index (κ1) is 18.0. The van der Waals surface area contributed by atoms with Gasteiger partial charge in [0, 0.05) is 12.1 Å². The van der Waals surface area contributed by atoms with Crippen molar-refractivity contribution >= 4 is 16.7 Å². The predicted octanol–water partition coefficient (Wildman–Crippen LogP) is 5.21. The Balaban J connectivity index is 1.85. The van der Waals surface area contributed by atoms with Gasteiger partial charge in [0.25, 0.3) is 5.91 Å². The molecular formula is C23H25NO2. The molecule has 0 saturated heterocycles. The van der Waals surface area contributed by atoms with Gasteiger partial charge in [-0.15, -0.1) is 0 Å². The highest BCUT2D eigenvalue weighted by Gasteiger charge is 2.16. The third-order valence-corrected chi connectivity index (χ3v) is 4.76. The van der Waals surface area contributed by atoms with Crippen molar-refractivity contribution in [2.75, 3.05) is 7.11 Å². The lowest BCUT2D eigenvalue weighted by Crippen LogP contribution is -2.24. The van der Waals surface area contributed by atoms with Crippen LogP contribution >= 0.6 is 0 Å². The van der Waals surface area contributed by atoms with Crippen LogP contribution in [0.4, 0.5) is 0 Å². The molecule has 0 heterocycles. The average Bonchev–Trinajstić information content (AvgIpc) is 2.65. The fourth-order valence-electron chi connectivity index (χ4n) is 3.29. The van der Waals surface area contributed by atoms with Gasteiger partial charge in [-0.05, 0) is 52.4 Å². The van der Waals surface area contributed by atoms with Crippen molar-refractivity contribution in [1.29, 1.82) is 0 Å². The zero-order chi connectivity index (χ0) is 18.7. The van der Waals surface area contributed by atoms with E-state index >= 15 is 0 Å². The van der Waals surface area contributed by atoms with Crippen LogP contribution in [-0.4, -0.2) is 13.0 Å². The minimum Gasteiger partial charge on any atom is -0.496 e. The van der Waals surface area contributed by atoms with E-state index in [0.717, 1.165) is 22.4 Å². The lowest BCUT2D eigenvalue weighted by atomic mass is 9.96. The van der Waals surface area contributed by atoms with E-state index in [2.05, 4.69) is 43.4 Å². The number of hydrogen-bond acceptors (Lipinski definition) is 2. The zero-order valence-corrected chi connectivity index (χ0v) is 15.8. The number of fused-ring (bicyclic) bond motifs is 1. The fourth-order valence-corrected chi connectivity index (χ4v) is 3.29. The molecule has 0 fully saturated rings. The molecule has 0 aliphatic carbocycles. The molecule has 1 amide bonds. The number of rotatable bonds is 5. The van der Waals surface area contributed by atoms with Crippen molar-refractivity contribution in [2.45, 2.75) is 33.2 Å². The summed E-state index contributed by atoms with van der Waals surface area (Å²) in [4.78, 5) is 12.8. The van der Waals surface area contributed by atoms with Crippen LogP contribution < -0.4 is 10.1 Å². The molecule has 0 aromatic heterocycles. The van der Waals surface area contributed by atoms with E-state index in [1.54, 1.807) is 7.11 Å². The first-order valence-electron chi connectivity index (χ1n) is 8.94. The topological polar surface area (TPSA) is 38.3 Å². The highest BCUT2D eigenvalue weighted by atomic mass is 16.5. The molecule has 0 saturated carbocycles. The highest BCUT2D eigenvalue weighted by molar-refractivity contribution is 5.96. The van der Waals surface area contributed by atoms with Gasteiger partial charge in [0.1, 0.15) is 5.75 Å². The maximum atomic E-state index is 12.8. The molecule has 0 radical (unpaired) electrons. The summed E-state index contributed by atoms with van der Waals surface area (Å²) in [6.45, 7) is 6.65. The fraction of sp³-hybridized carbons (Fsp3) is 0.261. The molecule has 0 aliphatic rings. The molecule has 1 N–H and O–H groups in total. The number of nitrogens with one attached hydrogen (secondary N) is 1. The number of carbonyl (C=O) groups is 1. The highest BCUT2D eigenvalue weighted by Crippen LogP contribution is 2.29. The molecule has 3 nitrogen and oxygen atoms in total. The number of ether oxygens (including phenoxy) is 1. The molecule has 0 spiro atoms. The van der Waals surface area contributed by atoms with Crippen LogP contribution in [0.1, 0.15) is 46.8 Å². The van der Waals surface area contributed by atoms with E-state index in [0.29, 0.717) is 12.1 Å². The van der Waals surface area contributed by atoms with Gasteiger partial charge < -0.3 is 10.1 Å². The summed E-state index contributed by atoms with van der Waals surface area (Å²) >= 11 is 0. The number of benzene rings is 3. The SMILES string of the molecule is COc1cc(C)c(C(=O)NCc2cccc3ccccc23)cc1C(C)C. The van der Waals surface area contributed by atoms with Gasteiger partial charge in [0.15, 0.2) is 0 Å². The number of hydrogen-bond donors (Lipinski definition) is 1. The monoisotopic (exact) mass is 347 g/mol. The van der Waals surface area contributed by atoms with E-state index in [-0.39, 0.29) is 11.8 Å². The molecule has 3 aromatic rings. The number of amides is 1. The van der Waals surface area contributed by atoms with Gasteiger partial charge in [-0.1, -0.05) is 56.3 Å². The zero-order valence-electron chi connectivity index (χ0n) is 15.8. The van der Waals surface area contributed by atoms with Crippen molar-refractivity contribution < 1.29 is 9.53 Å². The number of methoxy groups -OCH3 is 1. The normalized spacial score (nSPS) is 11.0. The Labute approximate surface area is 155 Å². The van der Waals surface area contributed by atoms with Crippen molar-refractivity contribution in [3.05, 3.63) is 76.9 Å². The van der Waals surface area contributed by atoms with E-state index in [1.807, 2.05) is 37.3 Å². The van der Waals surface area contributed by atoms with Crippen molar-refractivity contribution in [1.82, 2.24) is 5.32 Å². The van der Waals surface area contributed by atoms with Crippen LogP contribution in [0.25, 0.3) is 10.8 Å². The minimum absolute atomic E-state index is 0.0556. The van der Waals surface area contributed by atoms with Crippen LogP contribution in [0, 0.1) is 6.92 Å². The van der Waals surface area contributed by atoms with Crippen molar-refractivity contribution in [3.63, 3.8) is 0 Å². The Morgan fingerprint density at radius 3 is 2.54 bits per heavy atom. The number of aryl methyl sites for hydroxylation is 1. The van der Waals surface area contributed by atoms with Gasteiger partial charge >= 0.3 is 0 Å². The van der Waals surface area contributed by atoms with Crippen LogP contribution in [-0.2, 0) is 6.54 Å². The van der Waals surface area contributed by atoms with E-state index in [9.17, 15) is 4.79 Å². The summed E-state index contributed by atoms with van der Waals surface area (Å²) in [6.07, 6.45) is 0. The Kier molecular flexibility index (Phi) is 5.27. The van der Waals surface area contributed by atoms with Gasteiger partial charge in [-0.25, -0.2) is 0 Å². The summed E-state index contributed by atoms with van der Waals surface area (Å²) in [5.41, 5.74) is 3.79. The summed E-state index contributed by atoms with van der Waals surface area (Å²) < 4.78 is 5.47. The number of carbonyl (C=O) groups excluding carboxylic acids is 1. The third kappa shape index (κ3) is 3.57. The molecule has 3 heteroatoms. The van der Waals surface area contributed by atoms with Crippen LogP contribution in [0.5, 0.6) is 5.75 Å². The van der Waals surface area contributed by atoms with Gasteiger partial charge in [0.05, 0.1) is 7.11 Å². The summed E-state index contributed by atoms with van der Waals surface area (Å²) in [6, 6.07) is 18.3. The molecular weight excluding hydrogens is 322 g/mol. The maximum Gasteiger partial charge on any atom is 0.251 e. The lowest BCUT2D eigenvalue weighted by molar-refractivity contribution is 0.0950. The molecule has 3 rings (SSSR count). The second-order valence-electron chi connectivity index (χ2n) is 6.88. The maximum absolute atomic E-state index is 12.8. The van der Waals surface area contributed by atoms with Crippen molar-refractivity contribution in [2.24, 2.45) is 0 Å².